The molecule has 0 bridgehead atoms. The first kappa shape index (κ1) is 13.7. The number of aryl methyl sites for hydroxylation is 1. The Morgan fingerprint density at radius 3 is 2.47 bits per heavy atom. The van der Waals surface area contributed by atoms with Crippen LogP contribution in [0.1, 0.15) is 30.8 Å². The topological polar surface area (TPSA) is 55.6 Å². The normalized spacial score (nSPS) is 10.9. The van der Waals surface area contributed by atoms with E-state index in [9.17, 15) is 0 Å². The van der Waals surface area contributed by atoms with Gasteiger partial charge in [-0.25, -0.2) is 14.6 Å². The van der Waals surface area contributed by atoms with Crippen LogP contribution in [-0.4, -0.2) is 33.3 Å². The molecule has 0 radical (unpaired) electrons. The molecule has 1 N–H and O–H groups in total. The molecule has 0 saturated carbocycles. The Kier molecular flexibility index (Phi) is 4.63. The van der Waals surface area contributed by atoms with E-state index >= 15 is 0 Å². The molecule has 5 nitrogen and oxygen atoms in total. The van der Waals surface area contributed by atoms with Crippen LogP contribution < -0.4 is 5.32 Å². The Balaban J connectivity index is 2.47. The third-order valence-electron chi connectivity index (χ3n) is 3.21. The van der Waals surface area contributed by atoms with Gasteiger partial charge in [0.05, 0.1) is 11.4 Å². The zero-order valence-corrected chi connectivity index (χ0v) is 11.8. The van der Waals surface area contributed by atoms with E-state index in [4.69, 9.17) is 0 Å². The smallest absolute Gasteiger partial charge is 0.250 e. The maximum Gasteiger partial charge on any atom is 0.250 e. The van der Waals surface area contributed by atoms with Gasteiger partial charge in [-0.05, 0) is 44.5 Å². The highest BCUT2D eigenvalue weighted by atomic mass is 15.4. The van der Waals surface area contributed by atoms with Crippen molar-refractivity contribution in [1.82, 2.24) is 25.1 Å². The zero-order valence-electron chi connectivity index (χ0n) is 11.8. The maximum absolute atomic E-state index is 4.69. The van der Waals surface area contributed by atoms with Crippen LogP contribution in [0, 0.1) is 0 Å². The lowest BCUT2D eigenvalue weighted by Crippen LogP contribution is -2.12. The standard InChI is InChI=1S/C14H21N5/c1-4-12-11(7-10-15-3)13(5-2)19(18-12)14-16-8-6-9-17-14/h6,8-9,15H,4-5,7,10H2,1-3H3. The summed E-state index contributed by atoms with van der Waals surface area (Å²) < 4.78 is 1.89. The molecule has 0 amide bonds. The van der Waals surface area contributed by atoms with Gasteiger partial charge in [0, 0.05) is 12.4 Å². The van der Waals surface area contributed by atoms with E-state index in [1.807, 2.05) is 17.8 Å². The second-order valence-corrected chi connectivity index (χ2v) is 4.39. The summed E-state index contributed by atoms with van der Waals surface area (Å²) in [6.45, 7) is 5.25. The van der Waals surface area contributed by atoms with Gasteiger partial charge in [0.2, 0.25) is 0 Å². The SMILES string of the molecule is CCc1nn(-c2ncccn2)c(CC)c1CCNC. The second kappa shape index (κ2) is 6.43. The third-order valence-corrected chi connectivity index (χ3v) is 3.21. The largest absolute Gasteiger partial charge is 0.319 e. The van der Waals surface area contributed by atoms with Crippen LogP contribution in [-0.2, 0) is 19.3 Å². The van der Waals surface area contributed by atoms with Crippen LogP contribution >= 0.6 is 0 Å². The Hall–Kier alpha value is -1.75. The highest BCUT2D eigenvalue weighted by Gasteiger charge is 2.17. The summed E-state index contributed by atoms with van der Waals surface area (Å²) in [7, 11) is 1.97. The molecule has 0 spiro atoms. The van der Waals surface area contributed by atoms with Crippen molar-refractivity contribution < 1.29 is 0 Å². The summed E-state index contributed by atoms with van der Waals surface area (Å²) in [6, 6.07) is 1.82. The van der Waals surface area contributed by atoms with Crippen molar-refractivity contribution in [3.05, 3.63) is 35.4 Å². The predicted molar refractivity (Wildman–Crippen MR) is 75.5 cm³/mol. The first-order valence-corrected chi connectivity index (χ1v) is 6.83. The summed E-state index contributed by atoms with van der Waals surface area (Å²) >= 11 is 0. The second-order valence-electron chi connectivity index (χ2n) is 4.39. The molecule has 0 saturated heterocycles. The van der Waals surface area contributed by atoms with Crippen LogP contribution in [0.2, 0.25) is 0 Å². The van der Waals surface area contributed by atoms with Crippen molar-refractivity contribution in [2.24, 2.45) is 0 Å². The zero-order chi connectivity index (χ0) is 13.7. The molecule has 0 fully saturated rings. The number of nitrogens with one attached hydrogen (secondary N) is 1. The fourth-order valence-electron chi connectivity index (χ4n) is 2.29. The summed E-state index contributed by atoms with van der Waals surface area (Å²) in [5.41, 5.74) is 3.71. The van der Waals surface area contributed by atoms with Gasteiger partial charge < -0.3 is 5.32 Å². The molecule has 0 unspecified atom stereocenters. The average Bonchev–Trinajstić information content (AvgIpc) is 2.83. The Labute approximate surface area is 114 Å². The quantitative estimate of drug-likeness (QED) is 0.855. The van der Waals surface area contributed by atoms with Crippen molar-refractivity contribution in [2.75, 3.05) is 13.6 Å². The minimum absolute atomic E-state index is 0.657. The first-order valence-electron chi connectivity index (χ1n) is 6.83. The van der Waals surface area contributed by atoms with Crippen molar-refractivity contribution in [1.29, 1.82) is 0 Å². The minimum Gasteiger partial charge on any atom is -0.319 e. The highest BCUT2D eigenvalue weighted by Crippen LogP contribution is 2.19. The Morgan fingerprint density at radius 1 is 1.16 bits per heavy atom. The van der Waals surface area contributed by atoms with Crippen molar-refractivity contribution >= 4 is 0 Å². The fourth-order valence-corrected chi connectivity index (χ4v) is 2.29. The summed E-state index contributed by atoms with van der Waals surface area (Å²) in [5.74, 6) is 0.657. The van der Waals surface area contributed by atoms with E-state index in [0.717, 1.165) is 31.5 Å². The van der Waals surface area contributed by atoms with Crippen LogP contribution in [0.4, 0.5) is 0 Å². The number of hydrogen-bond donors (Lipinski definition) is 1. The number of aromatic nitrogens is 4. The molecular weight excluding hydrogens is 238 g/mol. The molecule has 19 heavy (non-hydrogen) atoms. The fraction of sp³-hybridized carbons (Fsp3) is 0.500. The lowest BCUT2D eigenvalue weighted by atomic mass is 10.1. The van der Waals surface area contributed by atoms with Gasteiger partial charge in [-0.3, -0.25) is 0 Å². The first-order chi connectivity index (χ1) is 9.31. The van der Waals surface area contributed by atoms with E-state index in [-0.39, 0.29) is 0 Å². The Bertz CT molecular complexity index is 518. The molecule has 2 rings (SSSR count). The van der Waals surface area contributed by atoms with E-state index in [1.54, 1.807) is 12.4 Å². The van der Waals surface area contributed by atoms with Crippen LogP contribution in [0.3, 0.4) is 0 Å². The van der Waals surface area contributed by atoms with E-state index < -0.39 is 0 Å². The molecule has 0 atom stereocenters. The maximum atomic E-state index is 4.69. The molecule has 0 aliphatic carbocycles. The van der Waals surface area contributed by atoms with Gasteiger partial charge in [-0.1, -0.05) is 13.8 Å². The minimum atomic E-state index is 0.657. The molecule has 2 heterocycles. The van der Waals surface area contributed by atoms with Gasteiger partial charge in [-0.15, -0.1) is 0 Å². The summed E-state index contributed by atoms with van der Waals surface area (Å²) in [5, 5.41) is 7.89. The molecule has 0 aliphatic rings. The monoisotopic (exact) mass is 259 g/mol. The molecule has 2 aromatic heterocycles. The third kappa shape index (κ3) is 2.81. The van der Waals surface area contributed by atoms with E-state index in [1.165, 1.54) is 11.3 Å². The van der Waals surface area contributed by atoms with E-state index in [2.05, 4.69) is 34.2 Å². The molecular formula is C14H21N5. The molecule has 102 valence electrons. The van der Waals surface area contributed by atoms with Crippen molar-refractivity contribution in [3.63, 3.8) is 0 Å². The highest BCUT2D eigenvalue weighted by molar-refractivity contribution is 5.31. The summed E-state index contributed by atoms with van der Waals surface area (Å²) in [6.07, 6.45) is 6.37. The van der Waals surface area contributed by atoms with Crippen LogP contribution in [0.25, 0.3) is 5.95 Å². The Morgan fingerprint density at radius 2 is 1.89 bits per heavy atom. The van der Waals surface area contributed by atoms with Gasteiger partial charge in [0.25, 0.3) is 5.95 Å². The van der Waals surface area contributed by atoms with Crippen molar-refractivity contribution in [2.45, 2.75) is 33.1 Å². The average molecular weight is 259 g/mol. The van der Waals surface area contributed by atoms with Gasteiger partial charge in [0.15, 0.2) is 0 Å². The predicted octanol–water partition coefficient (Wildman–Crippen LogP) is 1.55. The number of likely N-dealkylation sites (N-methyl/N-ethyl adjacent to an activating group) is 1. The lowest BCUT2D eigenvalue weighted by molar-refractivity contribution is 0.741. The number of nitrogens with zero attached hydrogens (tertiary/aromatic N) is 4. The van der Waals surface area contributed by atoms with Gasteiger partial charge in [0.1, 0.15) is 0 Å². The van der Waals surface area contributed by atoms with Gasteiger partial charge >= 0.3 is 0 Å². The molecule has 0 aliphatic heterocycles. The van der Waals surface area contributed by atoms with Crippen LogP contribution in [0.15, 0.2) is 18.5 Å². The summed E-state index contributed by atoms with van der Waals surface area (Å²) in [4.78, 5) is 8.60. The number of hydrogen-bond acceptors (Lipinski definition) is 4. The van der Waals surface area contributed by atoms with Crippen LogP contribution in [0.5, 0.6) is 0 Å². The van der Waals surface area contributed by atoms with E-state index in [0.29, 0.717) is 5.95 Å². The molecule has 2 aromatic rings. The van der Waals surface area contributed by atoms with Crippen molar-refractivity contribution in [3.8, 4) is 5.95 Å². The molecule has 0 aromatic carbocycles. The lowest BCUT2D eigenvalue weighted by Gasteiger charge is -2.06. The number of rotatable bonds is 6. The van der Waals surface area contributed by atoms with Gasteiger partial charge in [-0.2, -0.15) is 5.10 Å². The molecule has 5 heteroatoms.